The number of carbonyl (C=O) groups is 1. The first-order chi connectivity index (χ1) is 20.0. The smallest absolute Gasteiger partial charge is 0.171 e. The number of allylic oxidation sites excluding steroid dienone is 2. The van der Waals surface area contributed by atoms with Crippen molar-refractivity contribution in [3.05, 3.63) is 112 Å². The lowest BCUT2D eigenvalue weighted by molar-refractivity contribution is 0.0877. The van der Waals surface area contributed by atoms with Crippen LogP contribution in [-0.4, -0.2) is 41.5 Å². The molecule has 8 heteroatoms. The fraction of sp³-hybridized carbons (Fsp3) is 0.147. The van der Waals surface area contributed by atoms with Crippen molar-refractivity contribution in [2.45, 2.75) is 25.2 Å². The molecule has 0 amide bonds. The summed E-state index contributed by atoms with van der Waals surface area (Å²) in [5.41, 5.74) is 2.99. The number of rotatable bonds is 6. The van der Waals surface area contributed by atoms with Crippen molar-refractivity contribution in [3.63, 3.8) is 0 Å². The molecular weight excluding hydrogens is 536 g/mol. The highest BCUT2D eigenvalue weighted by Crippen LogP contribution is 2.51. The van der Waals surface area contributed by atoms with Crippen LogP contribution in [0, 0.1) is 5.92 Å². The molecule has 3 atom stereocenters. The lowest BCUT2D eigenvalue weighted by atomic mass is 9.65. The van der Waals surface area contributed by atoms with E-state index in [0.29, 0.717) is 28.7 Å². The zero-order valence-electron chi connectivity index (χ0n) is 22.6. The van der Waals surface area contributed by atoms with E-state index >= 15 is 0 Å². The number of ketones is 1. The van der Waals surface area contributed by atoms with Crippen LogP contribution in [-0.2, 0) is 0 Å². The molecule has 0 unspecified atom stereocenters. The topological polar surface area (TPSA) is 159 Å². The fourth-order valence-corrected chi connectivity index (χ4v) is 5.74. The van der Waals surface area contributed by atoms with Gasteiger partial charge in [-0.15, -0.1) is 0 Å². The zero-order valence-corrected chi connectivity index (χ0v) is 22.6. The highest BCUT2D eigenvalue weighted by atomic mass is 16.3. The minimum absolute atomic E-state index is 0.0155. The van der Waals surface area contributed by atoms with Gasteiger partial charge in [-0.2, -0.15) is 0 Å². The number of hydrogen-bond donors (Lipinski definition) is 7. The third-order valence-corrected chi connectivity index (χ3v) is 7.59. The Balaban J connectivity index is 1.63. The van der Waals surface area contributed by atoms with Gasteiger partial charge in [0.2, 0.25) is 0 Å². The molecule has 214 valence electrons. The van der Waals surface area contributed by atoms with E-state index in [9.17, 15) is 40.5 Å². The van der Waals surface area contributed by atoms with E-state index in [-0.39, 0.29) is 40.1 Å². The third-order valence-electron chi connectivity index (χ3n) is 7.59. The molecule has 5 rings (SSSR count). The second kappa shape index (κ2) is 11.2. The van der Waals surface area contributed by atoms with Crippen molar-refractivity contribution in [2.24, 2.45) is 5.92 Å². The Morgan fingerprint density at radius 1 is 0.643 bits per heavy atom. The molecule has 7 N–H and O–H groups in total. The Morgan fingerprint density at radius 3 is 1.95 bits per heavy atom. The van der Waals surface area contributed by atoms with Crippen LogP contribution in [0.1, 0.15) is 57.8 Å². The summed E-state index contributed by atoms with van der Waals surface area (Å²) in [6.45, 7) is 1.89. The van der Waals surface area contributed by atoms with Crippen molar-refractivity contribution < 1.29 is 40.5 Å². The van der Waals surface area contributed by atoms with Gasteiger partial charge in [-0.1, -0.05) is 35.9 Å². The molecule has 0 fully saturated rings. The van der Waals surface area contributed by atoms with Crippen LogP contribution in [0.3, 0.4) is 0 Å². The number of aromatic hydroxyl groups is 7. The van der Waals surface area contributed by atoms with E-state index in [2.05, 4.69) is 0 Å². The Hall–Kier alpha value is -5.37. The van der Waals surface area contributed by atoms with Crippen LogP contribution in [0.5, 0.6) is 40.2 Å². The Bertz CT molecular complexity index is 1720. The largest absolute Gasteiger partial charge is 0.508 e. The van der Waals surface area contributed by atoms with Crippen LogP contribution < -0.4 is 0 Å². The molecule has 0 saturated carbocycles. The molecule has 0 aliphatic heterocycles. The lowest BCUT2D eigenvalue weighted by Gasteiger charge is -2.37. The van der Waals surface area contributed by atoms with Crippen LogP contribution in [0.2, 0.25) is 0 Å². The highest BCUT2D eigenvalue weighted by molar-refractivity contribution is 6.02. The van der Waals surface area contributed by atoms with Gasteiger partial charge in [-0.25, -0.2) is 0 Å². The fourth-order valence-electron chi connectivity index (χ4n) is 5.74. The standard InChI is InChI=1S/C34H30O8/c1-18-10-28(25-7-5-21(35)16-31(25)40)33(34(42)26-8-6-22(36)17-32(26)41)29(11-18)27-14-19(4-9-30(27)39)2-3-20-12-23(37)15-24(38)13-20/h2-9,11-17,28-29,33,35-41H,10H2,1H3/b3-2+/t28-,29+,33-/m1/s1. The number of carbonyl (C=O) groups excluding carboxylic acids is 1. The molecule has 8 nitrogen and oxygen atoms in total. The minimum atomic E-state index is -0.896. The van der Waals surface area contributed by atoms with Gasteiger partial charge in [0.15, 0.2) is 5.78 Å². The first-order valence-corrected chi connectivity index (χ1v) is 13.3. The van der Waals surface area contributed by atoms with Gasteiger partial charge in [-0.05, 0) is 72.5 Å². The van der Waals surface area contributed by atoms with Crippen molar-refractivity contribution in [2.75, 3.05) is 0 Å². The van der Waals surface area contributed by atoms with Crippen LogP contribution in [0.15, 0.2) is 84.4 Å². The number of hydrogen-bond acceptors (Lipinski definition) is 8. The minimum Gasteiger partial charge on any atom is -0.508 e. The first-order valence-electron chi connectivity index (χ1n) is 13.3. The van der Waals surface area contributed by atoms with E-state index in [4.69, 9.17) is 0 Å². The summed E-state index contributed by atoms with van der Waals surface area (Å²) in [6, 6.07) is 17.1. The number of phenols is 7. The third kappa shape index (κ3) is 5.74. The summed E-state index contributed by atoms with van der Waals surface area (Å²) in [6.07, 6.45) is 5.71. The van der Waals surface area contributed by atoms with E-state index in [1.807, 2.05) is 13.0 Å². The molecule has 0 aromatic heterocycles. The molecular formula is C34H30O8. The second-order valence-corrected chi connectivity index (χ2v) is 10.6. The van der Waals surface area contributed by atoms with Gasteiger partial charge in [0.05, 0.1) is 5.56 Å². The summed E-state index contributed by atoms with van der Waals surface area (Å²) < 4.78 is 0. The quantitative estimate of drug-likeness (QED) is 0.0790. The molecule has 0 heterocycles. The van der Waals surface area contributed by atoms with Crippen molar-refractivity contribution in [1.82, 2.24) is 0 Å². The van der Waals surface area contributed by atoms with E-state index in [1.54, 1.807) is 30.4 Å². The Labute approximate surface area is 242 Å². The summed E-state index contributed by atoms with van der Waals surface area (Å²) in [4.78, 5) is 14.2. The molecule has 0 saturated heterocycles. The zero-order chi connectivity index (χ0) is 30.1. The predicted octanol–water partition coefficient (Wildman–Crippen LogP) is 6.51. The lowest BCUT2D eigenvalue weighted by Crippen LogP contribution is -2.31. The van der Waals surface area contributed by atoms with Gasteiger partial charge in [0, 0.05) is 41.5 Å². The van der Waals surface area contributed by atoms with Crippen molar-refractivity contribution in [1.29, 1.82) is 0 Å². The number of benzene rings is 4. The average molecular weight is 567 g/mol. The normalized spacial score (nSPS) is 18.6. The number of Topliss-reactive ketones (excluding diaryl/α,β-unsaturated/α-hetero) is 1. The Morgan fingerprint density at radius 2 is 1.29 bits per heavy atom. The molecule has 1 aliphatic rings. The van der Waals surface area contributed by atoms with Crippen LogP contribution >= 0.6 is 0 Å². The first kappa shape index (κ1) is 28.2. The molecule has 4 aromatic carbocycles. The maximum atomic E-state index is 14.2. The van der Waals surface area contributed by atoms with E-state index < -0.39 is 29.3 Å². The Kier molecular flexibility index (Phi) is 7.55. The van der Waals surface area contributed by atoms with E-state index in [1.165, 1.54) is 48.5 Å². The molecule has 0 bridgehead atoms. The highest BCUT2D eigenvalue weighted by Gasteiger charge is 2.42. The van der Waals surface area contributed by atoms with Crippen molar-refractivity contribution >= 4 is 17.9 Å². The van der Waals surface area contributed by atoms with Crippen molar-refractivity contribution in [3.8, 4) is 40.2 Å². The van der Waals surface area contributed by atoms with Crippen LogP contribution in [0.4, 0.5) is 0 Å². The SMILES string of the molecule is CC1=C[C@@H](c2cc(/C=C/c3cc(O)cc(O)c3)ccc2O)[C@H](C(=O)c2ccc(O)cc2O)[C@@H](c2ccc(O)cc2O)C1. The molecule has 0 spiro atoms. The van der Waals surface area contributed by atoms with Gasteiger partial charge in [-0.3, -0.25) is 4.79 Å². The van der Waals surface area contributed by atoms with Crippen LogP contribution in [0.25, 0.3) is 12.2 Å². The van der Waals surface area contributed by atoms with Gasteiger partial charge in [0.1, 0.15) is 40.2 Å². The van der Waals surface area contributed by atoms with Gasteiger partial charge in [0.25, 0.3) is 0 Å². The molecule has 4 aromatic rings. The maximum Gasteiger partial charge on any atom is 0.171 e. The maximum absolute atomic E-state index is 14.2. The second-order valence-electron chi connectivity index (χ2n) is 10.6. The summed E-state index contributed by atoms with van der Waals surface area (Å²) in [7, 11) is 0. The molecule has 0 radical (unpaired) electrons. The molecule has 42 heavy (non-hydrogen) atoms. The van der Waals surface area contributed by atoms with Gasteiger partial charge < -0.3 is 35.7 Å². The average Bonchev–Trinajstić information content (AvgIpc) is 2.91. The molecule has 1 aliphatic carbocycles. The summed E-state index contributed by atoms with van der Waals surface area (Å²) in [5.74, 6) is -3.77. The number of phenolic OH excluding ortho intramolecular Hbond substituents is 7. The summed E-state index contributed by atoms with van der Waals surface area (Å²) >= 11 is 0. The van der Waals surface area contributed by atoms with Gasteiger partial charge >= 0.3 is 0 Å². The van der Waals surface area contributed by atoms with E-state index in [0.717, 1.165) is 11.6 Å². The predicted molar refractivity (Wildman–Crippen MR) is 158 cm³/mol. The summed E-state index contributed by atoms with van der Waals surface area (Å²) in [5, 5.41) is 71.7. The monoisotopic (exact) mass is 566 g/mol.